The predicted molar refractivity (Wildman–Crippen MR) is 86.4 cm³/mol. The van der Waals surface area contributed by atoms with E-state index < -0.39 is 0 Å². The first-order chi connectivity index (χ1) is 10.0. The third-order valence-corrected chi connectivity index (χ3v) is 3.30. The van der Waals surface area contributed by atoms with Crippen molar-refractivity contribution in [1.29, 1.82) is 0 Å². The molecule has 0 radical (unpaired) electrons. The highest BCUT2D eigenvalue weighted by atomic mass is 16.2. The molecule has 0 fully saturated rings. The van der Waals surface area contributed by atoms with Gasteiger partial charge in [0, 0.05) is 0 Å². The molecule has 3 heteroatoms. The second-order valence-electron chi connectivity index (χ2n) is 5.26. The first-order valence-electron chi connectivity index (χ1n) is 7.00. The van der Waals surface area contributed by atoms with Crippen molar-refractivity contribution in [1.82, 2.24) is 5.43 Å². The molecular weight excluding hydrogens is 260 g/mol. The van der Waals surface area contributed by atoms with Crippen molar-refractivity contribution < 1.29 is 4.79 Å². The molecule has 2 rings (SSSR count). The molecule has 108 valence electrons. The summed E-state index contributed by atoms with van der Waals surface area (Å²) in [7, 11) is 0. The molecule has 0 aliphatic heterocycles. The number of aryl methyl sites for hydroxylation is 2. The molecule has 0 aromatic heterocycles. The summed E-state index contributed by atoms with van der Waals surface area (Å²) in [5, 5.41) is 4.15. The quantitative estimate of drug-likeness (QED) is 0.677. The van der Waals surface area contributed by atoms with E-state index in [1.54, 1.807) is 0 Å². The number of amides is 1. The number of hydrazone groups is 1. The lowest BCUT2D eigenvalue weighted by atomic mass is 10.1. The van der Waals surface area contributed by atoms with Gasteiger partial charge in [0.2, 0.25) is 5.91 Å². The van der Waals surface area contributed by atoms with Gasteiger partial charge in [0.15, 0.2) is 0 Å². The van der Waals surface area contributed by atoms with Crippen LogP contribution in [-0.2, 0) is 11.2 Å². The number of hydrogen-bond acceptors (Lipinski definition) is 2. The van der Waals surface area contributed by atoms with Gasteiger partial charge in [-0.05, 0) is 31.9 Å². The van der Waals surface area contributed by atoms with E-state index in [0.29, 0.717) is 6.42 Å². The van der Waals surface area contributed by atoms with Gasteiger partial charge in [-0.1, -0.05) is 59.7 Å². The zero-order valence-corrected chi connectivity index (χ0v) is 12.7. The van der Waals surface area contributed by atoms with Crippen LogP contribution in [0.2, 0.25) is 0 Å². The maximum Gasteiger partial charge on any atom is 0.244 e. The van der Waals surface area contributed by atoms with Crippen molar-refractivity contribution in [2.75, 3.05) is 0 Å². The molecule has 21 heavy (non-hydrogen) atoms. The monoisotopic (exact) mass is 280 g/mol. The van der Waals surface area contributed by atoms with Crippen LogP contribution in [-0.4, -0.2) is 11.6 Å². The van der Waals surface area contributed by atoms with Gasteiger partial charge in [0.1, 0.15) is 0 Å². The summed E-state index contributed by atoms with van der Waals surface area (Å²) in [5.74, 6) is -0.106. The molecule has 1 N–H and O–H groups in total. The van der Waals surface area contributed by atoms with Crippen LogP contribution in [0.5, 0.6) is 0 Å². The summed E-state index contributed by atoms with van der Waals surface area (Å²) in [6.45, 7) is 5.95. The van der Waals surface area contributed by atoms with Gasteiger partial charge >= 0.3 is 0 Å². The number of nitrogens with one attached hydrogen (secondary N) is 1. The van der Waals surface area contributed by atoms with Gasteiger partial charge in [-0.15, -0.1) is 0 Å². The van der Waals surface area contributed by atoms with Crippen LogP contribution in [0.1, 0.15) is 29.2 Å². The normalized spacial score (nSPS) is 11.3. The summed E-state index contributed by atoms with van der Waals surface area (Å²) in [4.78, 5) is 11.9. The van der Waals surface area contributed by atoms with E-state index in [9.17, 15) is 4.79 Å². The summed E-state index contributed by atoms with van der Waals surface area (Å²) in [5.41, 5.74) is 7.79. The molecule has 0 spiro atoms. The van der Waals surface area contributed by atoms with Crippen molar-refractivity contribution >= 4 is 11.6 Å². The second-order valence-corrected chi connectivity index (χ2v) is 5.26. The van der Waals surface area contributed by atoms with E-state index in [4.69, 9.17) is 0 Å². The van der Waals surface area contributed by atoms with Crippen molar-refractivity contribution in [2.24, 2.45) is 5.10 Å². The SMILES string of the molecule is C/C(=N\NC(=O)Cc1ccc(C)cc1)c1ccc(C)cc1. The fourth-order valence-electron chi connectivity index (χ4n) is 1.94. The van der Waals surface area contributed by atoms with Gasteiger partial charge in [0.05, 0.1) is 12.1 Å². The number of carbonyl (C=O) groups is 1. The predicted octanol–water partition coefficient (Wildman–Crippen LogP) is 3.39. The van der Waals surface area contributed by atoms with Crippen LogP contribution in [0, 0.1) is 13.8 Å². The topological polar surface area (TPSA) is 41.5 Å². The molecule has 0 aliphatic carbocycles. The van der Waals surface area contributed by atoms with E-state index in [1.807, 2.05) is 69.3 Å². The molecule has 2 aromatic rings. The third kappa shape index (κ3) is 4.56. The van der Waals surface area contributed by atoms with Crippen LogP contribution in [0.4, 0.5) is 0 Å². The molecule has 0 saturated carbocycles. The van der Waals surface area contributed by atoms with Crippen molar-refractivity contribution in [2.45, 2.75) is 27.2 Å². The molecular formula is C18H20N2O. The fourth-order valence-corrected chi connectivity index (χ4v) is 1.94. The Hall–Kier alpha value is -2.42. The largest absolute Gasteiger partial charge is 0.273 e. The average molecular weight is 280 g/mol. The van der Waals surface area contributed by atoms with Crippen molar-refractivity contribution in [3.05, 3.63) is 70.8 Å². The van der Waals surface area contributed by atoms with Gasteiger partial charge in [-0.3, -0.25) is 4.79 Å². The smallest absolute Gasteiger partial charge is 0.244 e. The van der Waals surface area contributed by atoms with E-state index in [0.717, 1.165) is 16.8 Å². The fraction of sp³-hybridized carbons (Fsp3) is 0.222. The van der Waals surface area contributed by atoms with Gasteiger partial charge in [-0.2, -0.15) is 5.10 Å². The molecule has 1 amide bonds. The number of benzene rings is 2. The Morgan fingerprint density at radius 1 is 0.952 bits per heavy atom. The molecule has 0 heterocycles. The minimum atomic E-state index is -0.106. The number of carbonyl (C=O) groups excluding carboxylic acids is 1. The Labute approximate surface area is 125 Å². The molecule has 0 aliphatic rings. The zero-order valence-electron chi connectivity index (χ0n) is 12.7. The highest BCUT2D eigenvalue weighted by molar-refractivity contribution is 5.99. The first kappa shape index (κ1) is 15.0. The Bertz CT molecular complexity index is 640. The molecule has 0 unspecified atom stereocenters. The lowest BCUT2D eigenvalue weighted by molar-refractivity contribution is -0.120. The zero-order chi connectivity index (χ0) is 15.2. The average Bonchev–Trinajstić information content (AvgIpc) is 2.48. The van der Waals surface area contributed by atoms with Gasteiger partial charge in [0.25, 0.3) is 0 Å². The van der Waals surface area contributed by atoms with Crippen LogP contribution in [0.3, 0.4) is 0 Å². The minimum Gasteiger partial charge on any atom is -0.273 e. The number of rotatable bonds is 4. The Morgan fingerprint density at radius 3 is 2.05 bits per heavy atom. The molecule has 0 bridgehead atoms. The standard InChI is InChI=1S/C18H20N2O/c1-13-4-8-16(9-5-13)12-18(21)20-19-15(3)17-10-6-14(2)7-11-17/h4-11H,12H2,1-3H3,(H,20,21)/b19-15+. The number of hydrogen-bond donors (Lipinski definition) is 1. The second kappa shape index (κ2) is 6.84. The summed E-state index contributed by atoms with van der Waals surface area (Å²) >= 11 is 0. The van der Waals surface area contributed by atoms with Crippen LogP contribution < -0.4 is 5.43 Å². The maximum atomic E-state index is 11.9. The van der Waals surface area contributed by atoms with Crippen molar-refractivity contribution in [3.63, 3.8) is 0 Å². The summed E-state index contributed by atoms with van der Waals surface area (Å²) in [6, 6.07) is 16.0. The lowest BCUT2D eigenvalue weighted by Gasteiger charge is -2.04. The van der Waals surface area contributed by atoms with Crippen molar-refractivity contribution in [3.8, 4) is 0 Å². The van der Waals surface area contributed by atoms with Crippen LogP contribution >= 0.6 is 0 Å². The molecule has 3 nitrogen and oxygen atoms in total. The molecule has 0 saturated heterocycles. The van der Waals surface area contributed by atoms with E-state index in [1.165, 1.54) is 11.1 Å². The maximum absolute atomic E-state index is 11.9. The van der Waals surface area contributed by atoms with Crippen LogP contribution in [0.15, 0.2) is 53.6 Å². The highest BCUT2D eigenvalue weighted by Crippen LogP contribution is 2.05. The van der Waals surface area contributed by atoms with E-state index >= 15 is 0 Å². The molecule has 2 aromatic carbocycles. The Kier molecular flexibility index (Phi) is 4.88. The van der Waals surface area contributed by atoms with Crippen LogP contribution in [0.25, 0.3) is 0 Å². The number of nitrogens with zero attached hydrogens (tertiary/aromatic N) is 1. The van der Waals surface area contributed by atoms with Gasteiger partial charge in [-0.25, -0.2) is 5.43 Å². The van der Waals surface area contributed by atoms with Gasteiger partial charge < -0.3 is 0 Å². The highest BCUT2D eigenvalue weighted by Gasteiger charge is 2.03. The minimum absolute atomic E-state index is 0.106. The first-order valence-corrected chi connectivity index (χ1v) is 7.00. The van der Waals surface area contributed by atoms with E-state index in [-0.39, 0.29) is 5.91 Å². The van der Waals surface area contributed by atoms with E-state index in [2.05, 4.69) is 10.5 Å². The molecule has 0 atom stereocenters. The Balaban J connectivity index is 1.94. The third-order valence-electron chi connectivity index (χ3n) is 3.30. The Morgan fingerprint density at radius 2 is 1.48 bits per heavy atom. The summed E-state index contributed by atoms with van der Waals surface area (Å²) < 4.78 is 0. The summed E-state index contributed by atoms with van der Waals surface area (Å²) in [6.07, 6.45) is 0.338. The lowest BCUT2D eigenvalue weighted by Crippen LogP contribution is -2.21.